The first-order chi connectivity index (χ1) is 7.17. The molecule has 0 spiro atoms. The summed E-state index contributed by atoms with van der Waals surface area (Å²) >= 11 is 0. The van der Waals surface area contributed by atoms with E-state index < -0.39 is 5.97 Å². The third-order valence-corrected chi connectivity index (χ3v) is 1.66. The first kappa shape index (κ1) is 10.9. The van der Waals surface area contributed by atoms with Crippen molar-refractivity contribution >= 4 is 11.8 Å². The van der Waals surface area contributed by atoms with Crippen molar-refractivity contribution in [3.05, 3.63) is 17.6 Å². The number of esters is 1. The number of carbonyl (C=O) groups is 1. The molecule has 0 unspecified atom stereocenters. The van der Waals surface area contributed by atoms with E-state index in [1.807, 2.05) is 6.07 Å². The molecule has 1 rings (SSSR count). The number of hydrogen-bond donors (Lipinski definition) is 1. The van der Waals surface area contributed by atoms with Gasteiger partial charge >= 0.3 is 5.97 Å². The number of nitrogens with zero attached hydrogens (tertiary/aromatic N) is 3. The number of ether oxygens (including phenoxy) is 1. The zero-order valence-electron chi connectivity index (χ0n) is 8.44. The molecular weight excluding hydrogens is 196 g/mol. The summed E-state index contributed by atoms with van der Waals surface area (Å²) in [6, 6.07) is 1.92. The summed E-state index contributed by atoms with van der Waals surface area (Å²) in [7, 11) is 1.29. The molecule has 0 bridgehead atoms. The van der Waals surface area contributed by atoms with Gasteiger partial charge in [-0.15, -0.1) is 0 Å². The molecule has 0 aromatic carbocycles. The van der Waals surface area contributed by atoms with Gasteiger partial charge in [0.1, 0.15) is 29.8 Å². The Kier molecular flexibility index (Phi) is 3.57. The Hall–Kier alpha value is -2.16. The van der Waals surface area contributed by atoms with Crippen LogP contribution in [0.4, 0.5) is 5.82 Å². The highest BCUT2D eigenvalue weighted by molar-refractivity contribution is 5.74. The molecule has 0 aliphatic carbocycles. The van der Waals surface area contributed by atoms with E-state index in [1.165, 1.54) is 13.3 Å². The van der Waals surface area contributed by atoms with Gasteiger partial charge in [0.05, 0.1) is 13.3 Å². The molecule has 1 aromatic heterocycles. The molecule has 1 aromatic rings. The molecule has 0 amide bonds. The average Bonchev–Trinajstić information content (AvgIpc) is 2.26. The Morgan fingerprint density at radius 3 is 3.07 bits per heavy atom. The lowest BCUT2D eigenvalue weighted by Gasteiger charge is -2.05. The minimum atomic E-state index is -0.421. The first-order valence-corrected chi connectivity index (χ1v) is 4.21. The predicted molar refractivity (Wildman–Crippen MR) is 52.0 cm³/mol. The SMILES string of the molecule is COC(=O)CNc1nc(C)ncc1C#N. The maximum atomic E-state index is 10.9. The molecule has 0 radical (unpaired) electrons. The zero-order chi connectivity index (χ0) is 11.3. The van der Waals surface area contributed by atoms with Crippen molar-refractivity contribution in [3.8, 4) is 6.07 Å². The van der Waals surface area contributed by atoms with Crippen LogP contribution < -0.4 is 5.32 Å². The normalized spacial score (nSPS) is 9.13. The molecule has 0 aliphatic heterocycles. The van der Waals surface area contributed by atoms with Crippen LogP contribution in [0.25, 0.3) is 0 Å². The summed E-state index contributed by atoms with van der Waals surface area (Å²) in [4.78, 5) is 18.7. The second kappa shape index (κ2) is 4.91. The summed E-state index contributed by atoms with van der Waals surface area (Å²) < 4.78 is 4.45. The second-order valence-corrected chi connectivity index (χ2v) is 2.72. The third kappa shape index (κ3) is 2.91. The van der Waals surface area contributed by atoms with Crippen molar-refractivity contribution in [3.63, 3.8) is 0 Å². The monoisotopic (exact) mass is 206 g/mol. The molecule has 0 atom stereocenters. The second-order valence-electron chi connectivity index (χ2n) is 2.72. The number of carbonyl (C=O) groups excluding carboxylic acids is 1. The Balaban J connectivity index is 2.80. The third-order valence-electron chi connectivity index (χ3n) is 1.66. The number of aromatic nitrogens is 2. The lowest BCUT2D eigenvalue weighted by molar-refractivity contribution is -0.138. The number of anilines is 1. The van der Waals surface area contributed by atoms with Crippen LogP contribution in [-0.2, 0) is 9.53 Å². The Morgan fingerprint density at radius 1 is 1.73 bits per heavy atom. The molecule has 78 valence electrons. The van der Waals surface area contributed by atoms with Crippen LogP contribution in [0.3, 0.4) is 0 Å². The van der Waals surface area contributed by atoms with E-state index in [1.54, 1.807) is 6.92 Å². The number of nitrogens with one attached hydrogen (secondary N) is 1. The Labute approximate surface area is 86.9 Å². The molecule has 6 nitrogen and oxygen atoms in total. The van der Waals surface area contributed by atoms with Crippen LogP contribution in [0.2, 0.25) is 0 Å². The lowest BCUT2D eigenvalue weighted by atomic mass is 10.3. The van der Waals surface area contributed by atoms with E-state index in [-0.39, 0.29) is 6.54 Å². The van der Waals surface area contributed by atoms with E-state index in [2.05, 4.69) is 20.0 Å². The van der Waals surface area contributed by atoms with Gasteiger partial charge in [-0.1, -0.05) is 0 Å². The van der Waals surface area contributed by atoms with Crippen LogP contribution in [0, 0.1) is 18.3 Å². The fourth-order valence-electron chi connectivity index (χ4n) is 0.915. The van der Waals surface area contributed by atoms with Crippen molar-refractivity contribution in [2.75, 3.05) is 19.0 Å². The van der Waals surface area contributed by atoms with E-state index in [4.69, 9.17) is 5.26 Å². The van der Waals surface area contributed by atoms with Gasteiger partial charge in [0.2, 0.25) is 0 Å². The standard InChI is InChI=1S/C9H10N4O2/c1-6-11-4-7(3-10)9(13-6)12-5-8(14)15-2/h4H,5H2,1-2H3,(H,11,12,13). The molecule has 0 saturated carbocycles. The fraction of sp³-hybridized carbons (Fsp3) is 0.333. The molecule has 0 fully saturated rings. The van der Waals surface area contributed by atoms with Crippen LogP contribution in [0.1, 0.15) is 11.4 Å². The summed E-state index contributed by atoms with van der Waals surface area (Å²) in [5, 5.41) is 11.5. The lowest BCUT2D eigenvalue weighted by Crippen LogP contribution is -2.16. The quantitative estimate of drug-likeness (QED) is 0.713. The van der Waals surface area contributed by atoms with Gasteiger partial charge in [0.15, 0.2) is 0 Å². The van der Waals surface area contributed by atoms with E-state index in [0.29, 0.717) is 17.2 Å². The highest BCUT2D eigenvalue weighted by Gasteiger charge is 2.06. The van der Waals surface area contributed by atoms with Gasteiger partial charge in [-0.05, 0) is 6.92 Å². The smallest absolute Gasteiger partial charge is 0.325 e. The number of rotatable bonds is 3. The van der Waals surface area contributed by atoms with Crippen molar-refractivity contribution in [2.24, 2.45) is 0 Å². The van der Waals surface area contributed by atoms with E-state index in [0.717, 1.165) is 0 Å². The average molecular weight is 206 g/mol. The van der Waals surface area contributed by atoms with Gasteiger partial charge < -0.3 is 10.1 Å². The van der Waals surface area contributed by atoms with Crippen LogP contribution in [0.5, 0.6) is 0 Å². The zero-order valence-corrected chi connectivity index (χ0v) is 8.44. The highest BCUT2D eigenvalue weighted by atomic mass is 16.5. The van der Waals surface area contributed by atoms with Crippen LogP contribution in [0.15, 0.2) is 6.20 Å². The van der Waals surface area contributed by atoms with Gasteiger partial charge in [-0.3, -0.25) is 4.79 Å². The minimum absolute atomic E-state index is 0.0262. The number of nitriles is 1. The number of aryl methyl sites for hydroxylation is 1. The summed E-state index contributed by atoms with van der Waals surface area (Å²) in [5.41, 5.74) is 0.296. The van der Waals surface area contributed by atoms with Crippen molar-refractivity contribution in [1.82, 2.24) is 9.97 Å². The summed E-state index contributed by atoms with van der Waals surface area (Å²) in [6.07, 6.45) is 1.40. The molecule has 1 N–H and O–H groups in total. The predicted octanol–water partition coefficient (Wildman–Crippen LogP) is 0.242. The minimum Gasteiger partial charge on any atom is -0.468 e. The summed E-state index contributed by atoms with van der Waals surface area (Å²) in [6.45, 7) is 1.67. The summed E-state index contributed by atoms with van der Waals surface area (Å²) in [5.74, 6) is 0.451. The van der Waals surface area contributed by atoms with Crippen molar-refractivity contribution in [1.29, 1.82) is 5.26 Å². The maximum Gasteiger partial charge on any atom is 0.325 e. The van der Waals surface area contributed by atoms with Gasteiger partial charge in [-0.25, -0.2) is 9.97 Å². The number of methoxy groups -OCH3 is 1. The Bertz CT molecular complexity index is 411. The highest BCUT2D eigenvalue weighted by Crippen LogP contribution is 2.09. The van der Waals surface area contributed by atoms with Gasteiger partial charge in [0.25, 0.3) is 0 Å². The van der Waals surface area contributed by atoms with E-state index in [9.17, 15) is 4.79 Å². The van der Waals surface area contributed by atoms with Crippen molar-refractivity contribution in [2.45, 2.75) is 6.92 Å². The topological polar surface area (TPSA) is 87.9 Å². The number of hydrogen-bond acceptors (Lipinski definition) is 6. The van der Waals surface area contributed by atoms with Gasteiger partial charge in [0, 0.05) is 0 Å². The first-order valence-electron chi connectivity index (χ1n) is 4.21. The fourth-order valence-corrected chi connectivity index (χ4v) is 0.915. The molecule has 1 heterocycles. The molecular formula is C9H10N4O2. The maximum absolute atomic E-state index is 10.9. The molecule has 6 heteroatoms. The van der Waals surface area contributed by atoms with Crippen LogP contribution >= 0.6 is 0 Å². The van der Waals surface area contributed by atoms with E-state index >= 15 is 0 Å². The molecule has 0 aliphatic rings. The molecule has 15 heavy (non-hydrogen) atoms. The van der Waals surface area contributed by atoms with Gasteiger partial charge in [-0.2, -0.15) is 5.26 Å². The Morgan fingerprint density at radius 2 is 2.47 bits per heavy atom. The van der Waals surface area contributed by atoms with Crippen LogP contribution in [-0.4, -0.2) is 29.6 Å². The largest absolute Gasteiger partial charge is 0.468 e. The molecule has 0 saturated heterocycles. The van der Waals surface area contributed by atoms with Crippen molar-refractivity contribution < 1.29 is 9.53 Å².